The van der Waals surface area contributed by atoms with E-state index in [1.165, 1.54) is 18.2 Å². The van der Waals surface area contributed by atoms with E-state index < -0.39 is 0 Å². The van der Waals surface area contributed by atoms with Crippen molar-refractivity contribution in [3.05, 3.63) is 34.6 Å². The largest absolute Gasteiger partial charge is 0.330 e. The monoisotopic (exact) mass is 271 g/mol. The molecule has 0 spiro atoms. The number of ketones is 1. The van der Waals surface area contributed by atoms with Gasteiger partial charge in [-0.25, -0.2) is 4.39 Å². The van der Waals surface area contributed by atoms with Crippen LogP contribution >= 0.6 is 11.6 Å². The van der Waals surface area contributed by atoms with Gasteiger partial charge in [-0.15, -0.1) is 0 Å². The van der Waals surface area contributed by atoms with Gasteiger partial charge in [0, 0.05) is 17.9 Å². The first kappa shape index (κ1) is 15.1. The molecule has 0 aliphatic rings. The fraction of sp³-hybridized carbons (Fsp3) is 0.500. The zero-order chi connectivity index (χ0) is 13.5. The molecule has 2 nitrogen and oxygen atoms in total. The fourth-order valence-electron chi connectivity index (χ4n) is 1.82. The molecule has 4 heteroatoms. The smallest absolute Gasteiger partial charge is 0.137 e. The molecule has 0 aliphatic heterocycles. The SMILES string of the molecule is CC(CCN)CCC(=O)Cc1cc(Cl)ccc1F. The Hall–Kier alpha value is -0.930. The highest BCUT2D eigenvalue weighted by Gasteiger charge is 2.10. The Morgan fingerprint density at radius 1 is 1.44 bits per heavy atom. The van der Waals surface area contributed by atoms with Crippen molar-refractivity contribution in [3.8, 4) is 0 Å². The van der Waals surface area contributed by atoms with E-state index in [1.807, 2.05) is 0 Å². The van der Waals surface area contributed by atoms with Crippen molar-refractivity contribution in [1.29, 1.82) is 0 Å². The van der Waals surface area contributed by atoms with Gasteiger partial charge in [0.1, 0.15) is 11.6 Å². The summed E-state index contributed by atoms with van der Waals surface area (Å²) >= 11 is 5.78. The van der Waals surface area contributed by atoms with Crippen molar-refractivity contribution in [3.63, 3.8) is 0 Å². The van der Waals surface area contributed by atoms with Crippen LogP contribution in [0.4, 0.5) is 4.39 Å². The van der Waals surface area contributed by atoms with E-state index >= 15 is 0 Å². The van der Waals surface area contributed by atoms with E-state index in [0.29, 0.717) is 29.5 Å². The van der Waals surface area contributed by atoms with Crippen molar-refractivity contribution < 1.29 is 9.18 Å². The Morgan fingerprint density at radius 3 is 2.83 bits per heavy atom. The molecule has 1 rings (SSSR count). The second-order valence-corrected chi connectivity index (χ2v) is 5.11. The van der Waals surface area contributed by atoms with Crippen LogP contribution in [0.15, 0.2) is 18.2 Å². The van der Waals surface area contributed by atoms with Gasteiger partial charge in [-0.3, -0.25) is 4.79 Å². The van der Waals surface area contributed by atoms with Gasteiger partial charge in [-0.2, -0.15) is 0 Å². The van der Waals surface area contributed by atoms with Gasteiger partial charge in [0.05, 0.1) is 0 Å². The maximum absolute atomic E-state index is 13.4. The van der Waals surface area contributed by atoms with Gasteiger partial charge >= 0.3 is 0 Å². The second-order valence-electron chi connectivity index (χ2n) is 4.67. The number of carbonyl (C=O) groups excluding carboxylic acids is 1. The number of halogens is 2. The van der Waals surface area contributed by atoms with Crippen LogP contribution in [0, 0.1) is 11.7 Å². The average molecular weight is 272 g/mol. The number of Topliss-reactive ketones (excluding diaryl/α,β-unsaturated/α-hetero) is 1. The lowest BCUT2D eigenvalue weighted by Crippen LogP contribution is -2.10. The average Bonchev–Trinajstić information content (AvgIpc) is 2.32. The summed E-state index contributed by atoms with van der Waals surface area (Å²) in [6.07, 6.45) is 2.30. The van der Waals surface area contributed by atoms with E-state index in [-0.39, 0.29) is 18.0 Å². The molecule has 0 aliphatic carbocycles. The van der Waals surface area contributed by atoms with Crippen LogP contribution in [0.3, 0.4) is 0 Å². The molecule has 0 saturated carbocycles. The topological polar surface area (TPSA) is 43.1 Å². The molecule has 1 unspecified atom stereocenters. The molecule has 0 saturated heterocycles. The second kappa shape index (κ2) is 7.49. The lowest BCUT2D eigenvalue weighted by Gasteiger charge is -2.09. The lowest BCUT2D eigenvalue weighted by atomic mass is 9.97. The van der Waals surface area contributed by atoms with Gasteiger partial charge in [-0.1, -0.05) is 18.5 Å². The van der Waals surface area contributed by atoms with E-state index in [2.05, 4.69) is 6.92 Å². The predicted octanol–water partition coefficient (Wildman–Crippen LogP) is 3.36. The van der Waals surface area contributed by atoms with Crippen LogP contribution in [0.1, 0.15) is 31.7 Å². The Kier molecular flexibility index (Phi) is 6.30. The number of hydrogen-bond donors (Lipinski definition) is 1. The highest BCUT2D eigenvalue weighted by Crippen LogP contribution is 2.17. The fourth-order valence-corrected chi connectivity index (χ4v) is 2.01. The number of nitrogens with two attached hydrogens (primary N) is 1. The van der Waals surface area contributed by atoms with Crippen molar-refractivity contribution >= 4 is 17.4 Å². The number of carbonyl (C=O) groups is 1. The molecule has 0 heterocycles. The Morgan fingerprint density at radius 2 is 2.17 bits per heavy atom. The highest BCUT2D eigenvalue weighted by atomic mass is 35.5. The third-order valence-electron chi connectivity index (χ3n) is 2.97. The van der Waals surface area contributed by atoms with Gasteiger partial charge in [0.15, 0.2) is 0 Å². The summed E-state index contributed by atoms with van der Waals surface area (Å²) in [5.74, 6) is 0.103. The van der Waals surface area contributed by atoms with Gasteiger partial charge < -0.3 is 5.73 Å². The van der Waals surface area contributed by atoms with Crippen LogP contribution < -0.4 is 5.73 Å². The summed E-state index contributed by atoms with van der Waals surface area (Å²) in [5.41, 5.74) is 5.82. The van der Waals surface area contributed by atoms with E-state index in [4.69, 9.17) is 17.3 Å². The first-order chi connectivity index (χ1) is 8.52. The lowest BCUT2D eigenvalue weighted by molar-refractivity contribution is -0.118. The summed E-state index contributed by atoms with van der Waals surface area (Å²) in [6, 6.07) is 4.29. The molecule has 0 radical (unpaired) electrons. The molecule has 0 bridgehead atoms. The van der Waals surface area contributed by atoms with Crippen LogP contribution in [-0.2, 0) is 11.2 Å². The quantitative estimate of drug-likeness (QED) is 0.826. The summed E-state index contributed by atoms with van der Waals surface area (Å²) in [5, 5.41) is 0.454. The molecule has 0 fully saturated rings. The normalized spacial score (nSPS) is 12.4. The minimum Gasteiger partial charge on any atom is -0.330 e. The van der Waals surface area contributed by atoms with E-state index in [0.717, 1.165) is 12.8 Å². The van der Waals surface area contributed by atoms with Crippen LogP contribution in [-0.4, -0.2) is 12.3 Å². The summed E-state index contributed by atoms with van der Waals surface area (Å²) in [4.78, 5) is 11.7. The van der Waals surface area contributed by atoms with Gasteiger partial charge in [0.25, 0.3) is 0 Å². The van der Waals surface area contributed by atoms with Crippen molar-refractivity contribution in [2.75, 3.05) is 6.54 Å². The molecule has 0 amide bonds. The standard InChI is InChI=1S/C14H19ClFNO/c1-10(6-7-17)2-4-13(18)9-11-8-12(15)3-5-14(11)16/h3,5,8,10H,2,4,6-7,9,17H2,1H3. The molecule has 100 valence electrons. The molecule has 18 heavy (non-hydrogen) atoms. The number of hydrogen-bond acceptors (Lipinski definition) is 2. The Bertz CT molecular complexity index is 409. The zero-order valence-corrected chi connectivity index (χ0v) is 11.3. The van der Waals surface area contributed by atoms with E-state index in [9.17, 15) is 9.18 Å². The number of rotatable bonds is 7. The Balaban J connectivity index is 2.47. The van der Waals surface area contributed by atoms with Crippen LogP contribution in [0.25, 0.3) is 0 Å². The van der Waals surface area contributed by atoms with Crippen molar-refractivity contribution in [1.82, 2.24) is 0 Å². The van der Waals surface area contributed by atoms with Gasteiger partial charge in [0.2, 0.25) is 0 Å². The molecular weight excluding hydrogens is 253 g/mol. The minimum atomic E-state index is -0.372. The third kappa shape index (κ3) is 5.15. The van der Waals surface area contributed by atoms with E-state index in [1.54, 1.807) is 0 Å². The maximum atomic E-state index is 13.4. The van der Waals surface area contributed by atoms with Crippen LogP contribution in [0.5, 0.6) is 0 Å². The third-order valence-corrected chi connectivity index (χ3v) is 3.21. The molecule has 1 aromatic carbocycles. The van der Waals surface area contributed by atoms with Crippen molar-refractivity contribution in [2.45, 2.75) is 32.6 Å². The van der Waals surface area contributed by atoms with Crippen LogP contribution in [0.2, 0.25) is 5.02 Å². The molecular formula is C14H19ClFNO. The first-order valence-corrected chi connectivity index (χ1v) is 6.56. The predicted molar refractivity (Wildman–Crippen MR) is 72.2 cm³/mol. The summed E-state index contributed by atoms with van der Waals surface area (Å²) < 4.78 is 13.4. The molecule has 2 N–H and O–H groups in total. The first-order valence-electron chi connectivity index (χ1n) is 6.18. The zero-order valence-electron chi connectivity index (χ0n) is 10.6. The Labute approximate surface area is 112 Å². The maximum Gasteiger partial charge on any atom is 0.137 e. The minimum absolute atomic E-state index is 0.0417. The summed E-state index contributed by atoms with van der Waals surface area (Å²) in [7, 11) is 0. The van der Waals surface area contributed by atoms with Gasteiger partial charge in [-0.05, 0) is 49.1 Å². The molecule has 0 aromatic heterocycles. The summed E-state index contributed by atoms with van der Waals surface area (Å²) in [6.45, 7) is 2.71. The van der Waals surface area contributed by atoms with Crippen molar-refractivity contribution in [2.24, 2.45) is 11.7 Å². The highest BCUT2D eigenvalue weighted by molar-refractivity contribution is 6.30. The molecule has 1 atom stereocenters. The molecule has 1 aromatic rings. The number of benzene rings is 1.